The SMILES string of the molecule is CCn1c(SCc2nnc(-c3cccc(C)c3)o2)nnc1-c1ccccc1Cl. The average molecular weight is 412 g/mol. The minimum absolute atomic E-state index is 0.513. The first kappa shape index (κ1) is 18.7. The summed E-state index contributed by atoms with van der Waals surface area (Å²) in [4.78, 5) is 0. The first-order chi connectivity index (χ1) is 13.7. The number of hydrogen-bond acceptors (Lipinski definition) is 6. The molecule has 0 atom stereocenters. The summed E-state index contributed by atoms with van der Waals surface area (Å²) in [6.45, 7) is 4.81. The molecule has 6 nitrogen and oxygen atoms in total. The van der Waals surface area contributed by atoms with Crippen molar-refractivity contribution in [2.45, 2.75) is 31.3 Å². The summed E-state index contributed by atoms with van der Waals surface area (Å²) in [5, 5.41) is 18.4. The van der Waals surface area contributed by atoms with Gasteiger partial charge in [0.2, 0.25) is 11.8 Å². The summed E-state index contributed by atoms with van der Waals surface area (Å²) < 4.78 is 7.84. The van der Waals surface area contributed by atoms with Crippen molar-refractivity contribution >= 4 is 23.4 Å². The van der Waals surface area contributed by atoms with Crippen molar-refractivity contribution in [2.75, 3.05) is 0 Å². The molecule has 0 bridgehead atoms. The van der Waals surface area contributed by atoms with Crippen LogP contribution in [-0.4, -0.2) is 25.0 Å². The maximum absolute atomic E-state index is 6.32. The van der Waals surface area contributed by atoms with Gasteiger partial charge in [0, 0.05) is 17.7 Å². The van der Waals surface area contributed by atoms with Crippen LogP contribution in [0.4, 0.5) is 0 Å². The lowest BCUT2D eigenvalue weighted by molar-refractivity contribution is 0.528. The van der Waals surface area contributed by atoms with E-state index in [-0.39, 0.29) is 0 Å². The summed E-state index contributed by atoms with van der Waals surface area (Å²) in [5.41, 5.74) is 2.93. The molecule has 2 heterocycles. The Hall–Kier alpha value is -2.64. The number of halogens is 1. The van der Waals surface area contributed by atoms with Gasteiger partial charge in [-0.15, -0.1) is 20.4 Å². The lowest BCUT2D eigenvalue weighted by atomic mass is 10.1. The molecule has 0 aliphatic heterocycles. The van der Waals surface area contributed by atoms with E-state index in [0.29, 0.717) is 22.6 Å². The van der Waals surface area contributed by atoms with Gasteiger partial charge in [-0.1, -0.05) is 53.2 Å². The van der Waals surface area contributed by atoms with Crippen molar-refractivity contribution in [3.8, 4) is 22.8 Å². The quantitative estimate of drug-likeness (QED) is 0.402. The fourth-order valence-corrected chi connectivity index (χ4v) is 3.91. The minimum Gasteiger partial charge on any atom is -0.420 e. The van der Waals surface area contributed by atoms with Gasteiger partial charge in [-0.05, 0) is 38.1 Å². The van der Waals surface area contributed by atoms with Crippen molar-refractivity contribution in [3.05, 3.63) is 65.0 Å². The Bertz CT molecular complexity index is 1110. The second-order valence-electron chi connectivity index (χ2n) is 6.19. The molecule has 0 amide bonds. The van der Waals surface area contributed by atoms with Crippen LogP contribution in [0.5, 0.6) is 0 Å². The van der Waals surface area contributed by atoms with E-state index in [0.717, 1.165) is 34.2 Å². The Balaban J connectivity index is 1.53. The molecule has 8 heteroatoms. The van der Waals surface area contributed by atoms with Crippen LogP contribution < -0.4 is 0 Å². The maximum atomic E-state index is 6.32. The third kappa shape index (κ3) is 3.81. The predicted molar refractivity (Wildman–Crippen MR) is 110 cm³/mol. The van der Waals surface area contributed by atoms with Gasteiger partial charge in [0.05, 0.1) is 10.8 Å². The van der Waals surface area contributed by atoms with E-state index in [2.05, 4.69) is 27.3 Å². The van der Waals surface area contributed by atoms with Gasteiger partial charge in [0.1, 0.15) is 0 Å². The third-order valence-electron chi connectivity index (χ3n) is 4.20. The normalized spacial score (nSPS) is 11.1. The van der Waals surface area contributed by atoms with E-state index in [4.69, 9.17) is 16.0 Å². The van der Waals surface area contributed by atoms with Crippen LogP contribution in [0.3, 0.4) is 0 Å². The number of aromatic nitrogens is 5. The topological polar surface area (TPSA) is 69.6 Å². The largest absolute Gasteiger partial charge is 0.420 e. The standard InChI is InChI=1S/C20H18ClN5OS/c1-3-26-18(15-9-4-5-10-16(15)21)23-25-20(26)28-12-17-22-24-19(27-17)14-8-6-7-13(2)11-14/h4-11H,3,12H2,1-2H3. The lowest BCUT2D eigenvalue weighted by Gasteiger charge is -2.07. The van der Waals surface area contributed by atoms with Gasteiger partial charge in [-0.25, -0.2) is 0 Å². The second kappa shape index (κ2) is 8.16. The molecule has 0 radical (unpaired) electrons. The van der Waals surface area contributed by atoms with E-state index >= 15 is 0 Å². The number of rotatable bonds is 6. The van der Waals surface area contributed by atoms with Crippen molar-refractivity contribution in [1.29, 1.82) is 0 Å². The van der Waals surface area contributed by atoms with Crippen molar-refractivity contribution < 1.29 is 4.42 Å². The Kier molecular flexibility index (Phi) is 5.45. The van der Waals surface area contributed by atoms with Crippen LogP contribution >= 0.6 is 23.4 Å². The lowest BCUT2D eigenvalue weighted by Crippen LogP contribution is -2.00. The van der Waals surface area contributed by atoms with Gasteiger partial charge in [-0.2, -0.15) is 0 Å². The van der Waals surface area contributed by atoms with E-state index in [9.17, 15) is 0 Å². The Morgan fingerprint density at radius 3 is 2.68 bits per heavy atom. The van der Waals surface area contributed by atoms with Gasteiger partial charge in [0.15, 0.2) is 11.0 Å². The molecule has 28 heavy (non-hydrogen) atoms. The van der Waals surface area contributed by atoms with Crippen LogP contribution in [0.2, 0.25) is 5.02 Å². The molecule has 4 rings (SSSR count). The molecule has 0 saturated carbocycles. The average Bonchev–Trinajstić information content (AvgIpc) is 3.33. The number of aryl methyl sites for hydroxylation is 1. The summed E-state index contributed by atoms with van der Waals surface area (Å²) in [6, 6.07) is 15.6. The van der Waals surface area contributed by atoms with Crippen LogP contribution in [-0.2, 0) is 12.3 Å². The van der Waals surface area contributed by atoms with E-state index in [1.807, 2.05) is 60.0 Å². The molecule has 4 aromatic rings. The summed E-state index contributed by atoms with van der Waals surface area (Å²) in [5.74, 6) is 2.33. The highest BCUT2D eigenvalue weighted by Crippen LogP contribution is 2.30. The summed E-state index contributed by atoms with van der Waals surface area (Å²) in [7, 11) is 0. The molecule has 142 valence electrons. The highest BCUT2D eigenvalue weighted by molar-refractivity contribution is 7.98. The summed E-state index contributed by atoms with van der Waals surface area (Å²) in [6.07, 6.45) is 0. The van der Waals surface area contributed by atoms with Gasteiger partial charge < -0.3 is 8.98 Å². The Morgan fingerprint density at radius 2 is 1.89 bits per heavy atom. The number of benzene rings is 2. The Morgan fingerprint density at radius 1 is 1.04 bits per heavy atom. The molecule has 2 aromatic heterocycles. The van der Waals surface area contributed by atoms with E-state index in [1.165, 1.54) is 11.8 Å². The first-order valence-corrected chi connectivity index (χ1v) is 10.2. The molecular weight excluding hydrogens is 394 g/mol. The van der Waals surface area contributed by atoms with Crippen molar-refractivity contribution in [1.82, 2.24) is 25.0 Å². The smallest absolute Gasteiger partial charge is 0.247 e. The summed E-state index contributed by atoms with van der Waals surface area (Å²) >= 11 is 7.83. The number of hydrogen-bond donors (Lipinski definition) is 0. The number of thioether (sulfide) groups is 1. The van der Waals surface area contributed by atoms with Crippen LogP contribution in [0.1, 0.15) is 18.4 Å². The van der Waals surface area contributed by atoms with E-state index in [1.54, 1.807) is 0 Å². The zero-order chi connectivity index (χ0) is 19.5. The zero-order valence-corrected chi connectivity index (χ0v) is 17.0. The maximum Gasteiger partial charge on any atom is 0.247 e. The van der Waals surface area contributed by atoms with E-state index < -0.39 is 0 Å². The molecule has 0 aliphatic rings. The fourth-order valence-electron chi connectivity index (χ4n) is 2.86. The first-order valence-electron chi connectivity index (χ1n) is 8.86. The van der Waals surface area contributed by atoms with Crippen molar-refractivity contribution in [2.24, 2.45) is 0 Å². The Labute approximate surface area is 172 Å². The fraction of sp³-hybridized carbons (Fsp3) is 0.200. The number of nitrogens with zero attached hydrogens (tertiary/aromatic N) is 5. The van der Waals surface area contributed by atoms with Gasteiger partial charge >= 0.3 is 0 Å². The third-order valence-corrected chi connectivity index (χ3v) is 5.49. The molecular formula is C20H18ClN5OS. The molecule has 0 saturated heterocycles. The molecule has 0 spiro atoms. The van der Waals surface area contributed by atoms with Crippen LogP contribution in [0.15, 0.2) is 58.1 Å². The molecule has 0 aliphatic carbocycles. The monoisotopic (exact) mass is 411 g/mol. The van der Waals surface area contributed by atoms with Crippen molar-refractivity contribution in [3.63, 3.8) is 0 Å². The highest BCUT2D eigenvalue weighted by Gasteiger charge is 2.17. The molecule has 2 aromatic carbocycles. The highest BCUT2D eigenvalue weighted by atomic mass is 35.5. The van der Waals surface area contributed by atoms with Gasteiger partial charge in [0.25, 0.3) is 0 Å². The molecule has 0 unspecified atom stereocenters. The molecule has 0 N–H and O–H groups in total. The van der Waals surface area contributed by atoms with Crippen LogP contribution in [0.25, 0.3) is 22.8 Å². The molecule has 0 fully saturated rings. The second-order valence-corrected chi connectivity index (χ2v) is 7.54. The van der Waals surface area contributed by atoms with Crippen LogP contribution in [0, 0.1) is 6.92 Å². The zero-order valence-electron chi connectivity index (χ0n) is 15.5. The minimum atomic E-state index is 0.513. The predicted octanol–water partition coefficient (Wildman–Crippen LogP) is 5.27. The van der Waals surface area contributed by atoms with Gasteiger partial charge in [-0.3, -0.25) is 0 Å².